The van der Waals surface area contributed by atoms with Gasteiger partial charge in [0.15, 0.2) is 11.5 Å². The Hall–Kier alpha value is -1.42. The van der Waals surface area contributed by atoms with E-state index >= 15 is 0 Å². The molecular formula is C12H16O4. The van der Waals surface area contributed by atoms with Crippen LogP contribution in [0.3, 0.4) is 0 Å². The normalized spacial score (nSPS) is 16.9. The van der Waals surface area contributed by atoms with Crippen molar-refractivity contribution in [1.82, 2.24) is 0 Å². The van der Waals surface area contributed by atoms with Crippen LogP contribution in [0.15, 0.2) is 12.1 Å². The SMILES string of the molecule is CCOc1cc(C2(O)CC2)cc(O)c1OC. The first-order valence-corrected chi connectivity index (χ1v) is 5.37. The molecule has 4 heteroatoms. The summed E-state index contributed by atoms with van der Waals surface area (Å²) in [4.78, 5) is 0. The summed E-state index contributed by atoms with van der Waals surface area (Å²) in [6.07, 6.45) is 1.45. The van der Waals surface area contributed by atoms with Crippen LogP contribution in [0, 0.1) is 0 Å². The molecule has 16 heavy (non-hydrogen) atoms. The van der Waals surface area contributed by atoms with Crippen molar-refractivity contribution in [3.05, 3.63) is 17.7 Å². The largest absolute Gasteiger partial charge is 0.504 e. The van der Waals surface area contributed by atoms with Crippen molar-refractivity contribution in [3.63, 3.8) is 0 Å². The van der Waals surface area contributed by atoms with E-state index in [1.54, 1.807) is 6.07 Å². The number of phenols is 1. The average molecular weight is 224 g/mol. The lowest BCUT2D eigenvalue weighted by atomic mass is 10.1. The van der Waals surface area contributed by atoms with E-state index < -0.39 is 5.60 Å². The van der Waals surface area contributed by atoms with E-state index in [1.807, 2.05) is 6.92 Å². The number of phenolic OH excluding ortho intramolecular Hbond substituents is 1. The number of hydrogen-bond donors (Lipinski definition) is 2. The number of aliphatic hydroxyl groups is 1. The molecule has 4 nitrogen and oxygen atoms in total. The van der Waals surface area contributed by atoms with Crippen molar-refractivity contribution >= 4 is 0 Å². The predicted molar refractivity (Wildman–Crippen MR) is 59.0 cm³/mol. The van der Waals surface area contributed by atoms with Gasteiger partial charge in [0.2, 0.25) is 5.75 Å². The molecule has 0 aromatic heterocycles. The molecule has 0 bridgehead atoms. The van der Waals surface area contributed by atoms with E-state index in [0.717, 1.165) is 12.8 Å². The molecule has 0 aliphatic heterocycles. The molecule has 1 aromatic rings. The number of hydrogen-bond acceptors (Lipinski definition) is 4. The minimum atomic E-state index is -0.782. The highest BCUT2D eigenvalue weighted by atomic mass is 16.5. The first kappa shape index (κ1) is 11.1. The molecule has 1 saturated carbocycles. The van der Waals surface area contributed by atoms with Gasteiger partial charge in [-0.05, 0) is 37.5 Å². The first-order chi connectivity index (χ1) is 7.60. The molecule has 0 amide bonds. The number of methoxy groups -OCH3 is 1. The highest BCUT2D eigenvalue weighted by molar-refractivity contribution is 5.54. The molecule has 1 aliphatic rings. The Bertz CT molecular complexity index is 396. The molecular weight excluding hydrogens is 208 g/mol. The fraction of sp³-hybridized carbons (Fsp3) is 0.500. The molecule has 88 valence electrons. The van der Waals surface area contributed by atoms with Gasteiger partial charge in [-0.3, -0.25) is 0 Å². The molecule has 1 aliphatic carbocycles. The van der Waals surface area contributed by atoms with Crippen LogP contribution in [0.1, 0.15) is 25.3 Å². The topological polar surface area (TPSA) is 58.9 Å². The Labute approximate surface area is 94.4 Å². The Morgan fingerprint density at radius 1 is 1.38 bits per heavy atom. The lowest BCUT2D eigenvalue weighted by Crippen LogP contribution is -2.05. The van der Waals surface area contributed by atoms with Gasteiger partial charge >= 0.3 is 0 Å². The number of rotatable bonds is 4. The van der Waals surface area contributed by atoms with Gasteiger partial charge in [0, 0.05) is 0 Å². The second-order valence-corrected chi connectivity index (χ2v) is 3.99. The van der Waals surface area contributed by atoms with Crippen molar-refractivity contribution in [1.29, 1.82) is 0 Å². The average Bonchev–Trinajstić information content (AvgIpc) is 2.98. The third-order valence-electron chi connectivity index (χ3n) is 2.80. The van der Waals surface area contributed by atoms with Crippen molar-refractivity contribution in [2.45, 2.75) is 25.4 Å². The maximum absolute atomic E-state index is 9.97. The van der Waals surface area contributed by atoms with E-state index in [-0.39, 0.29) is 5.75 Å². The number of benzene rings is 1. The minimum absolute atomic E-state index is 0.00350. The first-order valence-electron chi connectivity index (χ1n) is 5.37. The van der Waals surface area contributed by atoms with Crippen LogP contribution in [0.2, 0.25) is 0 Å². The van der Waals surface area contributed by atoms with E-state index in [1.165, 1.54) is 13.2 Å². The summed E-state index contributed by atoms with van der Waals surface area (Å²) >= 11 is 0. The molecule has 0 radical (unpaired) electrons. The molecule has 0 saturated heterocycles. The fourth-order valence-electron chi connectivity index (χ4n) is 1.73. The van der Waals surface area contributed by atoms with Gasteiger partial charge < -0.3 is 19.7 Å². The third-order valence-corrected chi connectivity index (χ3v) is 2.80. The van der Waals surface area contributed by atoms with Crippen molar-refractivity contribution in [2.24, 2.45) is 0 Å². The second-order valence-electron chi connectivity index (χ2n) is 3.99. The van der Waals surface area contributed by atoms with Gasteiger partial charge in [0.25, 0.3) is 0 Å². The molecule has 0 spiro atoms. The van der Waals surface area contributed by atoms with Crippen LogP contribution in [-0.4, -0.2) is 23.9 Å². The molecule has 0 atom stereocenters. The van der Waals surface area contributed by atoms with Crippen LogP contribution in [0.5, 0.6) is 17.2 Å². The van der Waals surface area contributed by atoms with Crippen LogP contribution in [0.25, 0.3) is 0 Å². The van der Waals surface area contributed by atoms with Crippen LogP contribution < -0.4 is 9.47 Å². The predicted octanol–water partition coefficient (Wildman–Crippen LogP) is 1.78. The second kappa shape index (κ2) is 3.87. The zero-order valence-electron chi connectivity index (χ0n) is 9.49. The Kier molecular flexibility index (Phi) is 2.68. The molecule has 1 fully saturated rings. The van der Waals surface area contributed by atoms with Gasteiger partial charge in [0.1, 0.15) is 0 Å². The van der Waals surface area contributed by atoms with Crippen LogP contribution in [-0.2, 0) is 5.60 Å². The van der Waals surface area contributed by atoms with E-state index in [4.69, 9.17) is 9.47 Å². The summed E-state index contributed by atoms with van der Waals surface area (Å²) in [5.74, 6) is 0.791. The van der Waals surface area contributed by atoms with E-state index in [0.29, 0.717) is 23.7 Å². The third kappa shape index (κ3) is 1.80. The van der Waals surface area contributed by atoms with Crippen molar-refractivity contribution in [2.75, 3.05) is 13.7 Å². The van der Waals surface area contributed by atoms with Gasteiger partial charge in [-0.25, -0.2) is 0 Å². The molecule has 0 unspecified atom stereocenters. The van der Waals surface area contributed by atoms with Crippen molar-refractivity contribution in [3.8, 4) is 17.2 Å². The molecule has 1 aromatic carbocycles. The molecule has 2 N–H and O–H groups in total. The standard InChI is InChI=1S/C12H16O4/c1-3-16-10-7-8(12(14)4-5-12)6-9(13)11(10)15-2/h6-7,13-14H,3-5H2,1-2H3. The fourth-order valence-corrected chi connectivity index (χ4v) is 1.73. The summed E-state index contributed by atoms with van der Waals surface area (Å²) in [6, 6.07) is 3.27. The summed E-state index contributed by atoms with van der Waals surface area (Å²) in [6.45, 7) is 2.34. The highest BCUT2D eigenvalue weighted by Gasteiger charge is 2.43. The minimum Gasteiger partial charge on any atom is -0.504 e. The summed E-state index contributed by atoms with van der Waals surface area (Å²) in [5.41, 5.74) is -0.0930. The Balaban J connectivity index is 2.43. The lowest BCUT2D eigenvalue weighted by Gasteiger charge is -2.15. The van der Waals surface area contributed by atoms with Gasteiger partial charge in [-0.1, -0.05) is 0 Å². The zero-order valence-corrected chi connectivity index (χ0v) is 9.49. The quantitative estimate of drug-likeness (QED) is 0.818. The van der Waals surface area contributed by atoms with Crippen LogP contribution in [0.4, 0.5) is 0 Å². The monoisotopic (exact) mass is 224 g/mol. The highest BCUT2D eigenvalue weighted by Crippen LogP contribution is 2.49. The van der Waals surface area contributed by atoms with Gasteiger partial charge in [0.05, 0.1) is 19.3 Å². The summed E-state index contributed by atoms with van der Waals surface area (Å²) in [7, 11) is 1.48. The van der Waals surface area contributed by atoms with Crippen molar-refractivity contribution < 1.29 is 19.7 Å². The number of ether oxygens (including phenoxy) is 2. The maximum atomic E-state index is 9.97. The Morgan fingerprint density at radius 2 is 2.06 bits per heavy atom. The van der Waals surface area contributed by atoms with E-state index in [2.05, 4.69) is 0 Å². The maximum Gasteiger partial charge on any atom is 0.203 e. The van der Waals surface area contributed by atoms with E-state index in [9.17, 15) is 10.2 Å². The van der Waals surface area contributed by atoms with Crippen LogP contribution >= 0.6 is 0 Å². The molecule has 0 heterocycles. The molecule has 2 rings (SSSR count). The lowest BCUT2D eigenvalue weighted by molar-refractivity contribution is 0.150. The van der Waals surface area contributed by atoms with Gasteiger partial charge in [-0.15, -0.1) is 0 Å². The summed E-state index contributed by atoms with van der Waals surface area (Å²) < 4.78 is 10.4. The summed E-state index contributed by atoms with van der Waals surface area (Å²) in [5, 5.41) is 19.7. The number of aromatic hydroxyl groups is 1. The van der Waals surface area contributed by atoms with Gasteiger partial charge in [-0.2, -0.15) is 0 Å². The zero-order chi connectivity index (χ0) is 11.8. The smallest absolute Gasteiger partial charge is 0.203 e. The Morgan fingerprint density at radius 3 is 2.56 bits per heavy atom.